The number of piperazine rings is 1. The molecule has 1 heterocycles. The van der Waals surface area contributed by atoms with Crippen LogP contribution in [-0.4, -0.2) is 67.7 Å². The number of amides is 1. The van der Waals surface area contributed by atoms with Crippen molar-refractivity contribution in [1.82, 2.24) is 14.1 Å². The second kappa shape index (κ2) is 9.29. The van der Waals surface area contributed by atoms with Crippen molar-refractivity contribution in [3.05, 3.63) is 65.2 Å². The Morgan fingerprint density at radius 1 is 1.00 bits per heavy atom. The van der Waals surface area contributed by atoms with E-state index in [0.717, 1.165) is 16.7 Å². The van der Waals surface area contributed by atoms with Gasteiger partial charge in [-0.15, -0.1) is 0 Å². The molecular weight excluding hydrogens is 398 g/mol. The van der Waals surface area contributed by atoms with Gasteiger partial charge in [-0.2, -0.15) is 4.31 Å². The average Bonchev–Trinajstić information content (AvgIpc) is 2.75. The van der Waals surface area contributed by atoms with Crippen molar-refractivity contribution in [3.63, 3.8) is 0 Å². The smallest absolute Gasteiger partial charge is 0.243 e. The Kier molecular flexibility index (Phi) is 6.95. The molecule has 1 amide bonds. The first-order valence-corrected chi connectivity index (χ1v) is 11.7. The summed E-state index contributed by atoms with van der Waals surface area (Å²) >= 11 is 0. The topological polar surface area (TPSA) is 60.9 Å². The predicted octanol–water partition coefficient (Wildman–Crippen LogP) is 2.66. The number of hydrogen-bond donors (Lipinski definition) is 0. The van der Waals surface area contributed by atoms with E-state index in [0.29, 0.717) is 37.6 Å². The number of hydrogen-bond acceptors (Lipinski definition) is 4. The SMILES string of the molecule is Cc1ccc(S(=O)(=O)N2CCN([C@H](C)C(=O)N(C)Cc3ccccc3)CC2)cc1C. The Bertz CT molecular complexity index is 984. The van der Waals surface area contributed by atoms with Crippen molar-refractivity contribution in [2.24, 2.45) is 0 Å². The number of likely N-dealkylation sites (N-methyl/N-ethyl adjacent to an activating group) is 1. The summed E-state index contributed by atoms with van der Waals surface area (Å²) in [5.41, 5.74) is 3.13. The molecule has 1 aliphatic rings. The zero-order valence-corrected chi connectivity index (χ0v) is 19.0. The molecule has 1 atom stereocenters. The van der Waals surface area contributed by atoms with Crippen LogP contribution in [0.2, 0.25) is 0 Å². The maximum Gasteiger partial charge on any atom is 0.243 e. The number of rotatable bonds is 6. The van der Waals surface area contributed by atoms with E-state index >= 15 is 0 Å². The minimum Gasteiger partial charge on any atom is -0.340 e. The summed E-state index contributed by atoms with van der Waals surface area (Å²) in [5.74, 6) is 0.0457. The quantitative estimate of drug-likeness (QED) is 0.708. The lowest BCUT2D eigenvalue weighted by Gasteiger charge is -2.38. The van der Waals surface area contributed by atoms with Gasteiger partial charge >= 0.3 is 0 Å². The fraction of sp³-hybridized carbons (Fsp3) is 0.435. The number of carbonyl (C=O) groups is 1. The molecule has 7 heteroatoms. The van der Waals surface area contributed by atoms with E-state index in [2.05, 4.69) is 4.90 Å². The fourth-order valence-corrected chi connectivity index (χ4v) is 5.27. The normalized spacial score (nSPS) is 16.9. The van der Waals surface area contributed by atoms with Gasteiger partial charge in [-0.05, 0) is 49.6 Å². The van der Waals surface area contributed by atoms with Crippen molar-refractivity contribution >= 4 is 15.9 Å². The molecule has 162 valence electrons. The van der Waals surface area contributed by atoms with E-state index < -0.39 is 10.0 Å². The lowest BCUT2D eigenvalue weighted by atomic mass is 10.1. The van der Waals surface area contributed by atoms with Gasteiger partial charge in [0, 0.05) is 39.8 Å². The van der Waals surface area contributed by atoms with E-state index in [1.807, 2.05) is 64.2 Å². The first kappa shape index (κ1) is 22.5. The van der Waals surface area contributed by atoms with Gasteiger partial charge in [0.05, 0.1) is 10.9 Å². The first-order chi connectivity index (χ1) is 14.2. The Morgan fingerprint density at radius 3 is 2.23 bits per heavy atom. The molecule has 0 aromatic heterocycles. The monoisotopic (exact) mass is 429 g/mol. The summed E-state index contributed by atoms with van der Waals surface area (Å²) in [6, 6.07) is 14.9. The van der Waals surface area contributed by atoms with Crippen LogP contribution in [0.1, 0.15) is 23.6 Å². The maximum absolute atomic E-state index is 13.0. The highest BCUT2D eigenvalue weighted by atomic mass is 32.2. The summed E-state index contributed by atoms with van der Waals surface area (Å²) in [4.78, 5) is 17.0. The largest absolute Gasteiger partial charge is 0.340 e. The summed E-state index contributed by atoms with van der Waals surface area (Å²) in [6.07, 6.45) is 0. The highest BCUT2D eigenvalue weighted by Crippen LogP contribution is 2.21. The molecule has 0 N–H and O–H groups in total. The number of sulfonamides is 1. The fourth-order valence-electron chi connectivity index (χ4n) is 3.76. The highest BCUT2D eigenvalue weighted by Gasteiger charge is 2.32. The van der Waals surface area contributed by atoms with Crippen LogP contribution in [0.15, 0.2) is 53.4 Å². The third-order valence-electron chi connectivity index (χ3n) is 5.93. The molecule has 6 nitrogen and oxygen atoms in total. The second-order valence-electron chi connectivity index (χ2n) is 8.04. The van der Waals surface area contributed by atoms with Crippen molar-refractivity contribution in [2.45, 2.75) is 38.3 Å². The van der Waals surface area contributed by atoms with E-state index in [4.69, 9.17) is 0 Å². The number of nitrogens with zero attached hydrogens (tertiary/aromatic N) is 3. The van der Waals surface area contributed by atoms with Gasteiger partial charge in [-0.1, -0.05) is 36.4 Å². The van der Waals surface area contributed by atoms with Crippen LogP contribution in [0.4, 0.5) is 0 Å². The van der Waals surface area contributed by atoms with Gasteiger partial charge in [0.2, 0.25) is 15.9 Å². The molecule has 1 saturated heterocycles. The average molecular weight is 430 g/mol. The van der Waals surface area contributed by atoms with E-state index in [-0.39, 0.29) is 11.9 Å². The zero-order chi connectivity index (χ0) is 21.9. The van der Waals surface area contributed by atoms with Gasteiger partial charge in [-0.25, -0.2) is 8.42 Å². The molecule has 1 aliphatic heterocycles. The Balaban J connectivity index is 1.60. The van der Waals surface area contributed by atoms with Crippen LogP contribution in [-0.2, 0) is 21.4 Å². The van der Waals surface area contributed by atoms with Crippen molar-refractivity contribution in [3.8, 4) is 0 Å². The highest BCUT2D eigenvalue weighted by molar-refractivity contribution is 7.89. The molecule has 0 aliphatic carbocycles. The second-order valence-corrected chi connectivity index (χ2v) is 9.98. The summed E-state index contributed by atoms with van der Waals surface area (Å²) < 4.78 is 27.5. The molecule has 0 spiro atoms. The van der Waals surface area contributed by atoms with Crippen molar-refractivity contribution in [2.75, 3.05) is 33.2 Å². The molecule has 1 fully saturated rings. The maximum atomic E-state index is 13.0. The Morgan fingerprint density at radius 2 is 1.63 bits per heavy atom. The lowest BCUT2D eigenvalue weighted by Crippen LogP contribution is -2.54. The van der Waals surface area contributed by atoms with Gasteiger partial charge in [0.15, 0.2) is 0 Å². The summed E-state index contributed by atoms with van der Waals surface area (Å²) in [6.45, 7) is 8.20. The van der Waals surface area contributed by atoms with Gasteiger partial charge in [0.1, 0.15) is 0 Å². The van der Waals surface area contributed by atoms with E-state index in [1.165, 1.54) is 4.31 Å². The number of aryl methyl sites for hydroxylation is 2. The van der Waals surface area contributed by atoms with Crippen LogP contribution in [0.3, 0.4) is 0 Å². The lowest BCUT2D eigenvalue weighted by molar-refractivity contribution is -0.136. The van der Waals surface area contributed by atoms with Crippen LogP contribution >= 0.6 is 0 Å². The molecule has 2 aromatic rings. The van der Waals surface area contributed by atoms with Gasteiger partial charge in [-0.3, -0.25) is 9.69 Å². The van der Waals surface area contributed by atoms with E-state index in [9.17, 15) is 13.2 Å². The van der Waals surface area contributed by atoms with Gasteiger partial charge in [0.25, 0.3) is 0 Å². The molecule has 0 saturated carbocycles. The molecular formula is C23H31N3O3S. The standard InChI is InChI=1S/C23H31N3O3S/c1-18-10-11-22(16-19(18)2)30(28,29)26-14-12-25(13-15-26)20(3)23(27)24(4)17-21-8-6-5-7-9-21/h5-11,16,20H,12-15,17H2,1-4H3/t20-/m1/s1. The molecule has 2 aromatic carbocycles. The van der Waals surface area contributed by atoms with Crippen LogP contribution < -0.4 is 0 Å². The zero-order valence-electron chi connectivity index (χ0n) is 18.2. The van der Waals surface area contributed by atoms with Crippen LogP contribution in [0, 0.1) is 13.8 Å². The van der Waals surface area contributed by atoms with Crippen LogP contribution in [0.25, 0.3) is 0 Å². The predicted molar refractivity (Wildman–Crippen MR) is 119 cm³/mol. The molecule has 0 unspecified atom stereocenters. The summed E-state index contributed by atoms with van der Waals surface area (Å²) in [5, 5.41) is 0. The van der Waals surface area contributed by atoms with E-state index in [1.54, 1.807) is 17.0 Å². The molecule has 0 radical (unpaired) electrons. The summed E-state index contributed by atoms with van der Waals surface area (Å²) in [7, 11) is -1.70. The van der Waals surface area contributed by atoms with Gasteiger partial charge < -0.3 is 4.90 Å². The number of benzene rings is 2. The Labute approximate surface area is 180 Å². The first-order valence-electron chi connectivity index (χ1n) is 10.3. The molecule has 0 bridgehead atoms. The third-order valence-corrected chi connectivity index (χ3v) is 7.83. The molecule has 3 rings (SSSR count). The Hall–Kier alpha value is -2.22. The van der Waals surface area contributed by atoms with Crippen molar-refractivity contribution < 1.29 is 13.2 Å². The minimum absolute atomic E-state index is 0.0457. The minimum atomic E-state index is -3.52. The third kappa shape index (κ3) is 4.91. The van der Waals surface area contributed by atoms with Crippen molar-refractivity contribution in [1.29, 1.82) is 0 Å². The molecule has 30 heavy (non-hydrogen) atoms. The van der Waals surface area contributed by atoms with Crippen LogP contribution in [0.5, 0.6) is 0 Å². The number of carbonyl (C=O) groups excluding carboxylic acids is 1.